The first kappa shape index (κ1) is 10.3. The van der Waals surface area contributed by atoms with Crippen molar-refractivity contribution >= 4 is 5.69 Å². The third kappa shape index (κ3) is 2.17. The Kier molecular flexibility index (Phi) is 3.65. The van der Waals surface area contributed by atoms with Gasteiger partial charge >= 0.3 is 0 Å². The van der Waals surface area contributed by atoms with E-state index in [-0.39, 0.29) is 11.2 Å². The summed E-state index contributed by atoms with van der Waals surface area (Å²) in [6, 6.07) is 2.78. The maximum atomic E-state index is 10.1. The van der Waals surface area contributed by atoms with E-state index >= 15 is 0 Å². The van der Waals surface area contributed by atoms with Gasteiger partial charge in [0.05, 0.1) is 12.0 Å². The summed E-state index contributed by atoms with van der Waals surface area (Å²) in [5.74, 6) is 0.371. The van der Waals surface area contributed by atoms with E-state index in [2.05, 4.69) is 4.98 Å². The Morgan fingerprint density at radius 1 is 1.58 bits per heavy atom. The van der Waals surface area contributed by atoms with Gasteiger partial charge in [0, 0.05) is 12.1 Å². The normalized spacial score (nSPS) is 8.42. The van der Waals surface area contributed by atoms with Crippen molar-refractivity contribution in [2.75, 3.05) is 7.11 Å². The molecule has 1 aromatic heterocycles. The smallest absolute Gasteiger partial charge is 0.287 e. The highest BCUT2D eigenvalue weighted by atomic mass is 16.6. The van der Waals surface area contributed by atoms with Crippen LogP contribution in [0.3, 0.4) is 0 Å². The Bertz CT molecular complexity index is 259. The molecule has 0 spiro atoms. The fourth-order valence-electron chi connectivity index (χ4n) is 0.601. The Balaban J connectivity index is 0.00000121. The average molecular weight is 172 g/mol. The third-order valence-electron chi connectivity index (χ3n) is 1.14. The molecule has 0 aromatic carbocycles. The van der Waals surface area contributed by atoms with Gasteiger partial charge in [0.2, 0.25) is 5.88 Å². The van der Waals surface area contributed by atoms with Crippen molar-refractivity contribution in [3.63, 3.8) is 0 Å². The number of nitro groups is 1. The highest BCUT2D eigenvalue weighted by Crippen LogP contribution is 2.12. The number of hydrogen-bond acceptors (Lipinski definition) is 4. The predicted octanol–water partition coefficient (Wildman–Crippen LogP) is 0.174. The minimum absolute atomic E-state index is 0. The second-order valence-corrected chi connectivity index (χ2v) is 1.82. The van der Waals surface area contributed by atoms with E-state index in [1.54, 1.807) is 0 Å². The quantitative estimate of drug-likeness (QED) is 0.469. The van der Waals surface area contributed by atoms with Gasteiger partial charge in [-0.25, -0.2) is 4.98 Å². The topological polar surface area (TPSA) is 96.8 Å². The standard InChI is InChI=1S/C6H6N2O3.H2O/c1-11-6-3-2-5(4-7-6)8(9)10;/h2-4H,1H3;1H2. The van der Waals surface area contributed by atoms with Crippen LogP contribution in [0.5, 0.6) is 5.88 Å². The Morgan fingerprint density at radius 2 is 2.25 bits per heavy atom. The molecule has 0 saturated heterocycles. The molecule has 0 radical (unpaired) electrons. The molecule has 12 heavy (non-hydrogen) atoms. The minimum Gasteiger partial charge on any atom is -0.481 e. The SMILES string of the molecule is COc1ccc([N+](=O)[O-])cn1.O. The van der Waals surface area contributed by atoms with E-state index < -0.39 is 4.92 Å². The number of ether oxygens (including phenoxy) is 1. The maximum Gasteiger partial charge on any atom is 0.287 e. The monoisotopic (exact) mass is 172 g/mol. The molecule has 0 aliphatic heterocycles. The van der Waals surface area contributed by atoms with Crippen LogP contribution in [0.4, 0.5) is 5.69 Å². The average Bonchev–Trinajstić information content (AvgIpc) is 2.05. The fourth-order valence-corrected chi connectivity index (χ4v) is 0.601. The zero-order chi connectivity index (χ0) is 8.27. The van der Waals surface area contributed by atoms with Gasteiger partial charge in [0.1, 0.15) is 6.20 Å². The van der Waals surface area contributed by atoms with Gasteiger partial charge in [0.25, 0.3) is 5.69 Å². The van der Waals surface area contributed by atoms with Crippen LogP contribution in [0.25, 0.3) is 0 Å². The van der Waals surface area contributed by atoms with Crippen molar-refractivity contribution in [2.45, 2.75) is 0 Å². The van der Waals surface area contributed by atoms with Crippen molar-refractivity contribution in [3.05, 3.63) is 28.4 Å². The van der Waals surface area contributed by atoms with Gasteiger partial charge in [-0.1, -0.05) is 0 Å². The summed E-state index contributed by atoms with van der Waals surface area (Å²) in [6.07, 6.45) is 1.15. The number of nitrogens with zero attached hydrogens (tertiary/aromatic N) is 2. The largest absolute Gasteiger partial charge is 0.481 e. The van der Waals surface area contributed by atoms with Gasteiger partial charge in [-0.05, 0) is 0 Å². The Hall–Kier alpha value is -1.69. The number of aromatic nitrogens is 1. The second-order valence-electron chi connectivity index (χ2n) is 1.82. The lowest BCUT2D eigenvalue weighted by molar-refractivity contribution is -0.385. The van der Waals surface area contributed by atoms with E-state index in [0.29, 0.717) is 5.88 Å². The van der Waals surface area contributed by atoms with E-state index in [1.165, 1.54) is 19.2 Å². The molecule has 0 aliphatic rings. The molecule has 0 saturated carbocycles. The molecule has 2 N–H and O–H groups in total. The molecule has 1 aromatic rings. The van der Waals surface area contributed by atoms with Gasteiger partial charge < -0.3 is 10.2 Å². The molecule has 0 fully saturated rings. The van der Waals surface area contributed by atoms with Crippen LogP contribution >= 0.6 is 0 Å². The number of pyridine rings is 1. The molecule has 6 heteroatoms. The Morgan fingerprint density at radius 3 is 2.58 bits per heavy atom. The summed E-state index contributed by atoms with van der Waals surface area (Å²) in [7, 11) is 1.45. The number of methoxy groups -OCH3 is 1. The lowest BCUT2D eigenvalue weighted by atomic mass is 10.4. The predicted molar refractivity (Wildman–Crippen MR) is 41.1 cm³/mol. The molecule has 6 nitrogen and oxygen atoms in total. The first-order valence-corrected chi connectivity index (χ1v) is 2.88. The number of rotatable bonds is 2. The minimum atomic E-state index is -0.508. The molecule has 0 amide bonds. The Labute approximate surface area is 68.3 Å². The maximum absolute atomic E-state index is 10.1. The fraction of sp³-hybridized carbons (Fsp3) is 0.167. The summed E-state index contributed by atoms with van der Waals surface area (Å²) in [5.41, 5.74) is -0.0363. The highest BCUT2D eigenvalue weighted by Gasteiger charge is 2.03. The zero-order valence-electron chi connectivity index (χ0n) is 6.35. The van der Waals surface area contributed by atoms with Crippen molar-refractivity contribution in [1.82, 2.24) is 4.98 Å². The van der Waals surface area contributed by atoms with Crippen molar-refractivity contribution in [1.29, 1.82) is 0 Å². The highest BCUT2D eigenvalue weighted by molar-refractivity contribution is 5.28. The molecular weight excluding hydrogens is 164 g/mol. The second kappa shape index (κ2) is 4.24. The van der Waals surface area contributed by atoms with E-state index in [4.69, 9.17) is 4.74 Å². The number of hydrogen-bond donors (Lipinski definition) is 0. The van der Waals surface area contributed by atoms with E-state index in [9.17, 15) is 10.1 Å². The van der Waals surface area contributed by atoms with Crippen LogP contribution in [0.1, 0.15) is 0 Å². The van der Waals surface area contributed by atoms with Gasteiger partial charge in [0.15, 0.2) is 0 Å². The van der Waals surface area contributed by atoms with E-state index in [1.807, 2.05) is 0 Å². The van der Waals surface area contributed by atoms with Crippen LogP contribution in [-0.2, 0) is 0 Å². The van der Waals surface area contributed by atoms with Gasteiger partial charge in [-0.2, -0.15) is 0 Å². The third-order valence-corrected chi connectivity index (χ3v) is 1.14. The molecule has 1 heterocycles. The van der Waals surface area contributed by atoms with Gasteiger partial charge in [-0.3, -0.25) is 10.1 Å². The lowest BCUT2D eigenvalue weighted by Crippen LogP contribution is -1.90. The van der Waals surface area contributed by atoms with Crippen molar-refractivity contribution in [2.24, 2.45) is 0 Å². The molecular formula is C6H8N2O4. The summed E-state index contributed by atoms with van der Waals surface area (Å²) < 4.78 is 4.72. The first-order chi connectivity index (χ1) is 5.24. The van der Waals surface area contributed by atoms with Crippen LogP contribution in [0, 0.1) is 10.1 Å². The molecule has 0 atom stereocenters. The zero-order valence-corrected chi connectivity index (χ0v) is 6.35. The molecule has 0 bridgehead atoms. The molecule has 0 unspecified atom stereocenters. The molecule has 1 rings (SSSR count). The lowest BCUT2D eigenvalue weighted by Gasteiger charge is -1.94. The van der Waals surface area contributed by atoms with Crippen LogP contribution in [0.15, 0.2) is 18.3 Å². The first-order valence-electron chi connectivity index (χ1n) is 2.88. The van der Waals surface area contributed by atoms with Crippen molar-refractivity contribution in [3.8, 4) is 5.88 Å². The van der Waals surface area contributed by atoms with Crippen LogP contribution in [0.2, 0.25) is 0 Å². The van der Waals surface area contributed by atoms with Crippen LogP contribution < -0.4 is 4.74 Å². The summed E-state index contributed by atoms with van der Waals surface area (Å²) in [6.45, 7) is 0. The summed E-state index contributed by atoms with van der Waals surface area (Å²) in [5, 5.41) is 10.1. The summed E-state index contributed by atoms with van der Waals surface area (Å²) >= 11 is 0. The summed E-state index contributed by atoms with van der Waals surface area (Å²) in [4.78, 5) is 13.3. The van der Waals surface area contributed by atoms with Crippen molar-refractivity contribution < 1.29 is 15.1 Å². The van der Waals surface area contributed by atoms with Gasteiger partial charge in [-0.15, -0.1) is 0 Å². The van der Waals surface area contributed by atoms with Crippen LogP contribution in [-0.4, -0.2) is 22.5 Å². The molecule has 66 valence electrons. The van der Waals surface area contributed by atoms with E-state index in [0.717, 1.165) is 6.20 Å². The molecule has 0 aliphatic carbocycles.